The smallest absolute Gasteiger partial charge is 0.276 e. The number of aryl methyl sites for hydroxylation is 2. The maximum absolute atomic E-state index is 13.2. The Labute approximate surface area is 149 Å². The van der Waals surface area contributed by atoms with Gasteiger partial charge in [0.25, 0.3) is 5.91 Å². The Kier molecular flexibility index (Phi) is 4.59. The molecule has 2 heterocycles. The minimum absolute atomic E-state index is 0.300. The first-order valence-electron chi connectivity index (χ1n) is 7.64. The summed E-state index contributed by atoms with van der Waals surface area (Å²) in [6.07, 6.45) is 1.70. The predicted octanol–water partition coefficient (Wildman–Crippen LogP) is 3.33. The minimum Gasteiger partial charge on any atom is -0.317 e. The molecule has 130 valence electrons. The van der Waals surface area contributed by atoms with E-state index in [1.165, 1.54) is 12.1 Å². The summed E-state index contributed by atoms with van der Waals surface area (Å²) in [4.78, 5) is 12.3. The quantitative estimate of drug-likeness (QED) is 0.775. The molecule has 0 aliphatic heterocycles. The Bertz CT molecular complexity index is 947. The first-order chi connectivity index (χ1) is 11.8. The summed E-state index contributed by atoms with van der Waals surface area (Å²) in [5.41, 5.74) is 3.17. The first kappa shape index (κ1) is 17.2. The van der Waals surface area contributed by atoms with Crippen LogP contribution in [0.2, 0.25) is 5.02 Å². The molecule has 0 atom stereocenters. The van der Waals surface area contributed by atoms with Crippen molar-refractivity contribution in [2.24, 2.45) is 7.05 Å². The van der Waals surface area contributed by atoms with Crippen LogP contribution in [0.4, 0.5) is 10.1 Å². The number of carbonyl (C=O) groups is 1. The fraction of sp³-hybridized carbons (Fsp3) is 0.235. The van der Waals surface area contributed by atoms with Gasteiger partial charge in [0.1, 0.15) is 5.82 Å². The molecule has 1 N–H and O–H groups in total. The van der Waals surface area contributed by atoms with Crippen LogP contribution in [-0.2, 0) is 13.6 Å². The Morgan fingerprint density at radius 2 is 2.04 bits per heavy atom. The molecule has 0 unspecified atom stereocenters. The summed E-state index contributed by atoms with van der Waals surface area (Å²) in [7, 11) is 1.75. The van der Waals surface area contributed by atoms with Crippen LogP contribution in [-0.4, -0.2) is 25.5 Å². The number of halogens is 2. The fourth-order valence-corrected chi connectivity index (χ4v) is 2.78. The topological polar surface area (TPSA) is 64.7 Å². The molecule has 25 heavy (non-hydrogen) atoms. The zero-order valence-electron chi connectivity index (χ0n) is 14.0. The average Bonchev–Trinajstić information content (AvgIpc) is 3.09. The lowest BCUT2D eigenvalue weighted by molar-refractivity contribution is 0.102. The second kappa shape index (κ2) is 6.68. The van der Waals surface area contributed by atoms with Crippen LogP contribution in [0.3, 0.4) is 0 Å². The zero-order chi connectivity index (χ0) is 18.1. The van der Waals surface area contributed by atoms with Crippen LogP contribution in [0.25, 0.3) is 0 Å². The third-order valence-electron chi connectivity index (χ3n) is 3.90. The Morgan fingerprint density at radius 1 is 1.28 bits per heavy atom. The molecule has 3 rings (SSSR count). The van der Waals surface area contributed by atoms with Gasteiger partial charge in [-0.05, 0) is 37.6 Å². The highest BCUT2D eigenvalue weighted by Gasteiger charge is 2.17. The molecule has 2 aromatic heterocycles. The highest BCUT2D eigenvalue weighted by molar-refractivity contribution is 6.31. The van der Waals surface area contributed by atoms with Crippen molar-refractivity contribution >= 4 is 23.2 Å². The van der Waals surface area contributed by atoms with Crippen molar-refractivity contribution in [1.29, 1.82) is 0 Å². The largest absolute Gasteiger partial charge is 0.317 e. The lowest BCUT2D eigenvalue weighted by atomic mass is 10.2. The van der Waals surface area contributed by atoms with E-state index >= 15 is 0 Å². The number of hydrogen-bond donors (Lipinski definition) is 1. The van der Waals surface area contributed by atoms with E-state index in [1.807, 2.05) is 13.8 Å². The molecule has 0 radical (unpaired) electrons. The maximum Gasteiger partial charge on any atom is 0.276 e. The Hall–Kier alpha value is -2.67. The van der Waals surface area contributed by atoms with E-state index < -0.39 is 0 Å². The van der Waals surface area contributed by atoms with Gasteiger partial charge >= 0.3 is 0 Å². The van der Waals surface area contributed by atoms with Crippen LogP contribution in [0.1, 0.15) is 27.4 Å². The van der Waals surface area contributed by atoms with E-state index in [4.69, 9.17) is 11.6 Å². The number of benzene rings is 1. The first-order valence-corrected chi connectivity index (χ1v) is 8.02. The number of anilines is 1. The van der Waals surface area contributed by atoms with E-state index in [-0.39, 0.29) is 11.7 Å². The molecule has 3 aromatic rings. The number of hydrogen-bond acceptors (Lipinski definition) is 3. The summed E-state index contributed by atoms with van der Waals surface area (Å²) in [6, 6.07) is 5.89. The maximum atomic E-state index is 13.2. The molecule has 0 bridgehead atoms. The van der Waals surface area contributed by atoms with Crippen molar-refractivity contribution in [2.45, 2.75) is 20.4 Å². The lowest BCUT2D eigenvalue weighted by Crippen LogP contribution is -2.14. The molecule has 1 amide bonds. The van der Waals surface area contributed by atoms with Crippen LogP contribution in [0.15, 0.2) is 30.5 Å². The third-order valence-corrected chi connectivity index (χ3v) is 4.25. The van der Waals surface area contributed by atoms with Gasteiger partial charge in [0.15, 0.2) is 5.69 Å². The summed E-state index contributed by atoms with van der Waals surface area (Å²) in [5.74, 6) is -0.684. The molecule has 6 nitrogen and oxygen atoms in total. The number of nitrogens with one attached hydrogen (secondary N) is 1. The van der Waals surface area contributed by atoms with Crippen LogP contribution < -0.4 is 5.32 Å². The van der Waals surface area contributed by atoms with Crippen molar-refractivity contribution < 1.29 is 9.18 Å². The van der Waals surface area contributed by atoms with Crippen LogP contribution in [0, 0.1) is 19.7 Å². The third kappa shape index (κ3) is 3.56. The SMILES string of the molecule is Cc1nn(Cc2ccc(F)cc2Cl)c(C)c1NC(=O)c1ccn(C)n1. The Balaban J connectivity index is 1.84. The number of nitrogens with zero attached hydrogens (tertiary/aromatic N) is 4. The lowest BCUT2D eigenvalue weighted by Gasteiger charge is -2.08. The van der Waals surface area contributed by atoms with Crippen molar-refractivity contribution in [3.63, 3.8) is 0 Å². The van der Waals surface area contributed by atoms with E-state index in [0.29, 0.717) is 28.6 Å². The van der Waals surface area contributed by atoms with Crippen LogP contribution >= 0.6 is 11.6 Å². The van der Waals surface area contributed by atoms with E-state index in [0.717, 1.165) is 11.3 Å². The van der Waals surface area contributed by atoms with Crippen molar-refractivity contribution in [3.05, 3.63) is 63.9 Å². The molecule has 8 heteroatoms. The van der Waals surface area contributed by atoms with E-state index in [2.05, 4.69) is 15.5 Å². The fourth-order valence-electron chi connectivity index (χ4n) is 2.56. The molecule has 1 aromatic carbocycles. The molecule has 0 fully saturated rings. The monoisotopic (exact) mass is 361 g/mol. The summed E-state index contributed by atoms with van der Waals surface area (Å²) in [6.45, 7) is 4.04. The average molecular weight is 362 g/mol. The number of aromatic nitrogens is 4. The number of amides is 1. The minimum atomic E-state index is -0.384. The van der Waals surface area contributed by atoms with Gasteiger partial charge in [-0.2, -0.15) is 10.2 Å². The summed E-state index contributed by atoms with van der Waals surface area (Å²) < 4.78 is 16.5. The molecule has 0 saturated heterocycles. The number of carbonyl (C=O) groups excluding carboxylic acids is 1. The van der Waals surface area contributed by atoms with Gasteiger partial charge in [0.05, 0.1) is 23.6 Å². The van der Waals surface area contributed by atoms with E-state index in [9.17, 15) is 9.18 Å². The zero-order valence-corrected chi connectivity index (χ0v) is 14.8. The van der Waals surface area contributed by atoms with Gasteiger partial charge in [-0.15, -0.1) is 0 Å². The van der Waals surface area contributed by atoms with Crippen molar-refractivity contribution in [1.82, 2.24) is 19.6 Å². The van der Waals surface area contributed by atoms with Gasteiger partial charge in [-0.25, -0.2) is 4.39 Å². The van der Waals surface area contributed by atoms with Gasteiger partial charge in [-0.1, -0.05) is 17.7 Å². The predicted molar refractivity (Wildman–Crippen MR) is 93.4 cm³/mol. The highest BCUT2D eigenvalue weighted by Crippen LogP contribution is 2.23. The second-order valence-corrected chi connectivity index (χ2v) is 6.18. The molecule has 0 saturated carbocycles. The van der Waals surface area contributed by atoms with Gasteiger partial charge < -0.3 is 5.32 Å². The molecular weight excluding hydrogens is 345 g/mol. The van der Waals surface area contributed by atoms with Gasteiger partial charge in [0.2, 0.25) is 0 Å². The summed E-state index contributed by atoms with van der Waals surface area (Å²) >= 11 is 6.08. The Morgan fingerprint density at radius 3 is 2.68 bits per heavy atom. The highest BCUT2D eigenvalue weighted by atomic mass is 35.5. The van der Waals surface area contributed by atoms with E-state index in [1.54, 1.807) is 34.7 Å². The van der Waals surface area contributed by atoms with Crippen LogP contribution in [0.5, 0.6) is 0 Å². The van der Waals surface area contributed by atoms with Gasteiger partial charge in [-0.3, -0.25) is 14.2 Å². The van der Waals surface area contributed by atoms with Crippen molar-refractivity contribution in [2.75, 3.05) is 5.32 Å². The summed E-state index contributed by atoms with van der Waals surface area (Å²) in [5, 5.41) is 11.7. The number of rotatable bonds is 4. The normalized spacial score (nSPS) is 10.9. The molecule has 0 aliphatic carbocycles. The van der Waals surface area contributed by atoms with Gasteiger partial charge in [0, 0.05) is 18.3 Å². The second-order valence-electron chi connectivity index (χ2n) is 5.77. The standard InChI is InChI=1S/C17H17ClFN5O/c1-10-16(20-17(25)15-6-7-23(3)22-15)11(2)24(21-10)9-12-4-5-13(19)8-14(12)18/h4-8H,9H2,1-3H3,(H,20,25). The molecule has 0 aliphatic rings. The molecular formula is C17H17ClFN5O. The molecule has 0 spiro atoms. The van der Waals surface area contributed by atoms with Crippen molar-refractivity contribution in [3.8, 4) is 0 Å².